The van der Waals surface area contributed by atoms with Gasteiger partial charge in [-0.3, -0.25) is 0 Å². The van der Waals surface area contributed by atoms with E-state index in [-0.39, 0.29) is 17.1 Å². The number of hydrogen-bond acceptors (Lipinski definition) is 4. The highest BCUT2D eigenvalue weighted by Crippen LogP contribution is 2.39. The highest BCUT2D eigenvalue weighted by molar-refractivity contribution is 6.29. The molecule has 1 unspecified atom stereocenters. The molecule has 1 aliphatic heterocycles. The van der Waals surface area contributed by atoms with Crippen molar-refractivity contribution < 1.29 is 4.39 Å². The Hall–Kier alpha value is -2.73. The number of hydrogen-bond donors (Lipinski definition) is 0. The zero-order chi connectivity index (χ0) is 17.8. The first-order valence-electron chi connectivity index (χ1n) is 8.50. The van der Waals surface area contributed by atoms with Crippen molar-refractivity contribution in [3.8, 4) is 0 Å². The number of halogens is 2. The summed E-state index contributed by atoms with van der Waals surface area (Å²) >= 11 is 6.18. The Balaban J connectivity index is 1.88. The zero-order valence-corrected chi connectivity index (χ0v) is 14.8. The van der Waals surface area contributed by atoms with E-state index in [4.69, 9.17) is 16.6 Å². The predicted octanol–water partition coefficient (Wildman–Crippen LogP) is 4.54. The van der Waals surface area contributed by atoms with Crippen LogP contribution in [0.3, 0.4) is 0 Å². The van der Waals surface area contributed by atoms with E-state index in [0.29, 0.717) is 17.0 Å². The van der Waals surface area contributed by atoms with Crippen molar-refractivity contribution in [3.05, 3.63) is 59.1 Å². The zero-order valence-electron chi connectivity index (χ0n) is 14.0. The van der Waals surface area contributed by atoms with E-state index in [1.54, 1.807) is 10.5 Å². The summed E-state index contributed by atoms with van der Waals surface area (Å²) < 4.78 is 15.7. The molecule has 3 heterocycles. The number of nitrogens with zero attached hydrogens (tertiary/aromatic N) is 5. The second-order valence-corrected chi connectivity index (χ2v) is 6.93. The molecule has 5 rings (SSSR count). The maximum atomic E-state index is 14.1. The van der Waals surface area contributed by atoms with Crippen molar-refractivity contribution in [2.75, 3.05) is 4.90 Å². The van der Waals surface area contributed by atoms with Crippen molar-refractivity contribution in [1.29, 1.82) is 0 Å². The molecule has 26 heavy (non-hydrogen) atoms. The SMILES string of the molecule is CC1CCc2ccccc2N1c1nc2nnc(Cl)n2c2ccc(F)cc12. The Bertz CT molecular complexity index is 1160. The van der Waals surface area contributed by atoms with Gasteiger partial charge in [0.25, 0.3) is 5.78 Å². The van der Waals surface area contributed by atoms with E-state index in [0.717, 1.165) is 24.0 Å². The molecule has 7 heteroatoms. The summed E-state index contributed by atoms with van der Waals surface area (Å²) in [7, 11) is 0. The third-order valence-electron chi connectivity index (χ3n) is 5.00. The molecule has 4 aromatic rings. The topological polar surface area (TPSA) is 46.3 Å². The van der Waals surface area contributed by atoms with Crippen LogP contribution in [0.1, 0.15) is 18.9 Å². The highest BCUT2D eigenvalue weighted by atomic mass is 35.5. The Morgan fingerprint density at radius 1 is 1.15 bits per heavy atom. The number of aromatic nitrogens is 4. The summed E-state index contributed by atoms with van der Waals surface area (Å²) in [6.07, 6.45) is 2.01. The van der Waals surface area contributed by atoms with Gasteiger partial charge in [-0.15, -0.1) is 10.2 Å². The molecule has 0 fully saturated rings. The molecule has 0 saturated heterocycles. The molecule has 1 aliphatic rings. The average Bonchev–Trinajstić information content (AvgIpc) is 3.02. The number of para-hydroxylation sites is 1. The van der Waals surface area contributed by atoms with Crippen LogP contribution in [0.2, 0.25) is 5.28 Å². The third kappa shape index (κ3) is 2.18. The van der Waals surface area contributed by atoms with Gasteiger partial charge in [-0.25, -0.2) is 8.79 Å². The van der Waals surface area contributed by atoms with Crippen molar-refractivity contribution in [2.45, 2.75) is 25.8 Å². The summed E-state index contributed by atoms with van der Waals surface area (Å²) in [4.78, 5) is 6.87. The minimum absolute atomic E-state index is 0.211. The summed E-state index contributed by atoms with van der Waals surface area (Å²) in [5.74, 6) is 0.761. The van der Waals surface area contributed by atoms with Gasteiger partial charge in [0.15, 0.2) is 0 Å². The number of rotatable bonds is 1. The number of benzene rings is 2. The number of anilines is 2. The van der Waals surface area contributed by atoms with Crippen molar-refractivity contribution >= 4 is 39.8 Å². The molecule has 130 valence electrons. The molecule has 0 amide bonds. The van der Waals surface area contributed by atoms with Crippen molar-refractivity contribution in [2.24, 2.45) is 0 Å². The molecular formula is C19H15ClFN5. The van der Waals surface area contributed by atoms with Crippen LogP contribution < -0.4 is 4.90 Å². The number of fused-ring (bicyclic) bond motifs is 4. The van der Waals surface area contributed by atoms with E-state index < -0.39 is 0 Å². The summed E-state index contributed by atoms with van der Waals surface area (Å²) in [5.41, 5.74) is 3.09. The molecule has 2 aromatic carbocycles. The molecule has 0 saturated carbocycles. The van der Waals surface area contributed by atoms with Gasteiger partial charge in [0, 0.05) is 17.1 Å². The molecule has 0 radical (unpaired) electrons. The summed E-state index contributed by atoms with van der Waals surface area (Å²) in [5, 5.41) is 8.89. The van der Waals surface area contributed by atoms with Crippen LogP contribution >= 0.6 is 11.6 Å². The van der Waals surface area contributed by atoms with Gasteiger partial charge >= 0.3 is 0 Å². The average molecular weight is 368 g/mol. The van der Waals surface area contributed by atoms with Gasteiger partial charge in [-0.05, 0) is 61.2 Å². The largest absolute Gasteiger partial charge is 0.323 e. The third-order valence-corrected chi connectivity index (χ3v) is 5.25. The lowest BCUT2D eigenvalue weighted by atomic mass is 9.96. The van der Waals surface area contributed by atoms with Gasteiger partial charge in [0.2, 0.25) is 5.28 Å². The van der Waals surface area contributed by atoms with Crippen LogP contribution in [0.25, 0.3) is 16.7 Å². The van der Waals surface area contributed by atoms with Gasteiger partial charge in [0.1, 0.15) is 11.6 Å². The van der Waals surface area contributed by atoms with Crippen LogP contribution in [0.5, 0.6) is 0 Å². The highest BCUT2D eigenvalue weighted by Gasteiger charge is 2.28. The van der Waals surface area contributed by atoms with Gasteiger partial charge in [-0.2, -0.15) is 4.98 Å². The first-order valence-corrected chi connectivity index (χ1v) is 8.88. The first kappa shape index (κ1) is 15.5. The Kier molecular flexibility index (Phi) is 3.37. The van der Waals surface area contributed by atoms with E-state index in [1.165, 1.54) is 17.7 Å². The molecule has 0 N–H and O–H groups in total. The summed E-state index contributed by atoms with van der Waals surface area (Å²) in [6.45, 7) is 2.16. The lowest BCUT2D eigenvalue weighted by molar-refractivity contribution is 0.614. The van der Waals surface area contributed by atoms with Crippen LogP contribution in [0, 0.1) is 5.82 Å². The fourth-order valence-electron chi connectivity index (χ4n) is 3.77. The maximum absolute atomic E-state index is 14.1. The van der Waals surface area contributed by atoms with E-state index in [9.17, 15) is 4.39 Å². The number of aryl methyl sites for hydroxylation is 1. The van der Waals surface area contributed by atoms with E-state index in [2.05, 4.69) is 34.2 Å². The standard InChI is InChI=1S/C19H15ClFN5/c1-11-6-7-12-4-2-3-5-15(12)25(11)17-14-10-13(21)8-9-16(14)26-18(20)23-24-19(26)22-17/h2-5,8-11H,6-7H2,1H3. The molecule has 0 spiro atoms. The van der Waals surface area contributed by atoms with Crippen LogP contribution in [0.4, 0.5) is 15.9 Å². The maximum Gasteiger partial charge on any atom is 0.258 e. The quantitative estimate of drug-likeness (QED) is 0.495. The van der Waals surface area contributed by atoms with Crippen molar-refractivity contribution in [3.63, 3.8) is 0 Å². The second kappa shape index (κ2) is 5.64. The minimum Gasteiger partial charge on any atom is -0.323 e. The van der Waals surface area contributed by atoms with Crippen LogP contribution in [-0.4, -0.2) is 25.6 Å². The fourth-order valence-corrected chi connectivity index (χ4v) is 3.97. The van der Waals surface area contributed by atoms with Crippen LogP contribution in [0.15, 0.2) is 42.5 Å². The van der Waals surface area contributed by atoms with E-state index in [1.807, 2.05) is 12.1 Å². The fraction of sp³-hybridized carbons (Fsp3) is 0.211. The van der Waals surface area contributed by atoms with Gasteiger partial charge in [0.05, 0.1) is 5.52 Å². The molecular weight excluding hydrogens is 353 g/mol. The minimum atomic E-state index is -0.318. The first-order chi connectivity index (χ1) is 12.6. The van der Waals surface area contributed by atoms with E-state index >= 15 is 0 Å². The molecule has 1 atom stereocenters. The smallest absolute Gasteiger partial charge is 0.258 e. The Morgan fingerprint density at radius 2 is 2.00 bits per heavy atom. The predicted molar refractivity (Wildman–Crippen MR) is 99.6 cm³/mol. The van der Waals surface area contributed by atoms with Crippen LogP contribution in [-0.2, 0) is 6.42 Å². The van der Waals surface area contributed by atoms with Gasteiger partial charge in [-0.1, -0.05) is 18.2 Å². The second-order valence-electron chi connectivity index (χ2n) is 6.59. The molecule has 2 aromatic heterocycles. The van der Waals surface area contributed by atoms with Crippen molar-refractivity contribution in [1.82, 2.24) is 19.6 Å². The molecule has 0 aliphatic carbocycles. The van der Waals surface area contributed by atoms with Gasteiger partial charge < -0.3 is 4.90 Å². The lowest BCUT2D eigenvalue weighted by Crippen LogP contribution is -2.34. The molecule has 0 bridgehead atoms. The normalized spacial score (nSPS) is 17.0. The lowest BCUT2D eigenvalue weighted by Gasteiger charge is -2.36. The monoisotopic (exact) mass is 367 g/mol. The molecule has 5 nitrogen and oxygen atoms in total. The Morgan fingerprint density at radius 3 is 2.88 bits per heavy atom. The summed E-state index contributed by atoms with van der Waals surface area (Å²) in [6, 6.07) is 13.1. The Labute approximate surface area is 154 Å².